The van der Waals surface area contributed by atoms with E-state index in [0.29, 0.717) is 5.56 Å². The van der Waals surface area contributed by atoms with Gasteiger partial charge in [0, 0.05) is 5.56 Å². The van der Waals surface area contributed by atoms with Gasteiger partial charge in [-0.05, 0) is 42.9 Å². The lowest BCUT2D eigenvalue weighted by atomic mass is 9.86. The zero-order valence-corrected chi connectivity index (χ0v) is 9.44. The van der Waals surface area contributed by atoms with E-state index in [1.807, 2.05) is 6.07 Å². The lowest BCUT2D eigenvalue weighted by molar-refractivity contribution is 0.436. The first-order chi connectivity index (χ1) is 8.27. The standard InChI is InChI=1S/C13H14N2O2/c14-13-10(7-15-17-13)12-9-4-2-1-3-8(9)5-6-11(12)16/h5-7,16H,1-4,14H2. The summed E-state index contributed by atoms with van der Waals surface area (Å²) in [6.07, 6.45) is 5.96. The van der Waals surface area contributed by atoms with E-state index in [2.05, 4.69) is 5.16 Å². The van der Waals surface area contributed by atoms with Crippen LogP contribution in [0.4, 0.5) is 5.88 Å². The average molecular weight is 230 g/mol. The molecule has 4 nitrogen and oxygen atoms in total. The molecule has 2 aromatic rings. The first-order valence-corrected chi connectivity index (χ1v) is 5.81. The number of hydrogen-bond acceptors (Lipinski definition) is 4. The molecule has 0 unspecified atom stereocenters. The van der Waals surface area contributed by atoms with Gasteiger partial charge in [-0.3, -0.25) is 0 Å². The predicted molar refractivity (Wildman–Crippen MR) is 64.7 cm³/mol. The molecule has 1 aromatic carbocycles. The summed E-state index contributed by atoms with van der Waals surface area (Å²) in [5, 5.41) is 13.7. The molecule has 3 N–H and O–H groups in total. The Bertz CT molecular complexity index is 561. The molecule has 1 aromatic heterocycles. The summed E-state index contributed by atoms with van der Waals surface area (Å²) in [5.74, 6) is 0.514. The van der Waals surface area contributed by atoms with Gasteiger partial charge in [-0.25, -0.2) is 0 Å². The highest BCUT2D eigenvalue weighted by Crippen LogP contribution is 2.40. The van der Waals surface area contributed by atoms with Crippen LogP contribution in [0.5, 0.6) is 5.75 Å². The van der Waals surface area contributed by atoms with E-state index in [1.165, 1.54) is 17.5 Å². The number of nitrogens with zero attached hydrogens (tertiary/aromatic N) is 1. The van der Waals surface area contributed by atoms with Crippen LogP contribution in [0.3, 0.4) is 0 Å². The summed E-state index contributed by atoms with van der Waals surface area (Å²) in [7, 11) is 0. The van der Waals surface area contributed by atoms with Crippen LogP contribution in [0.25, 0.3) is 11.1 Å². The average Bonchev–Trinajstić information content (AvgIpc) is 2.75. The second-order valence-corrected chi connectivity index (χ2v) is 4.41. The zero-order chi connectivity index (χ0) is 11.8. The van der Waals surface area contributed by atoms with Crippen LogP contribution in [0.15, 0.2) is 22.9 Å². The van der Waals surface area contributed by atoms with Crippen molar-refractivity contribution in [2.75, 3.05) is 5.73 Å². The maximum Gasteiger partial charge on any atom is 0.230 e. The number of aromatic nitrogens is 1. The molecule has 0 fully saturated rings. The summed E-state index contributed by atoms with van der Waals surface area (Å²) in [6.45, 7) is 0. The molecule has 4 heteroatoms. The second kappa shape index (κ2) is 3.80. The van der Waals surface area contributed by atoms with Crippen molar-refractivity contribution in [2.24, 2.45) is 0 Å². The van der Waals surface area contributed by atoms with E-state index in [1.54, 1.807) is 12.3 Å². The van der Waals surface area contributed by atoms with Gasteiger partial charge in [-0.1, -0.05) is 11.2 Å². The highest BCUT2D eigenvalue weighted by Gasteiger charge is 2.20. The Hall–Kier alpha value is -1.97. The third-order valence-corrected chi connectivity index (χ3v) is 3.38. The summed E-state index contributed by atoms with van der Waals surface area (Å²) in [5.41, 5.74) is 9.70. The van der Waals surface area contributed by atoms with E-state index in [0.717, 1.165) is 24.8 Å². The molecule has 0 amide bonds. The van der Waals surface area contributed by atoms with Crippen molar-refractivity contribution in [3.63, 3.8) is 0 Å². The van der Waals surface area contributed by atoms with Gasteiger partial charge in [0.05, 0.1) is 11.8 Å². The number of anilines is 1. The molecule has 0 radical (unpaired) electrons. The van der Waals surface area contributed by atoms with Crippen LogP contribution in [0.2, 0.25) is 0 Å². The number of phenolic OH excluding ortho intramolecular Hbond substituents is 1. The minimum Gasteiger partial charge on any atom is -0.507 e. The number of fused-ring (bicyclic) bond motifs is 1. The second-order valence-electron chi connectivity index (χ2n) is 4.41. The lowest BCUT2D eigenvalue weighted by Crippen LogP contribution is -2.04. The maximum atomic E-state index is 10.0. The maximum absolute atomic E-state index is 10.0. The van der Waals surface area contributed by atoms with Crippen molar-refractivity contribution in [2.45, 2.75) is 25.7 Å². The number of nitrogen functional groups attached to an aromatic ring is 1. The van der Waals surface area contributed by atoms with Crippen molar-refractivity contribution in [3.8, 4) is 16.9 Å². The smallest absolute Gasteiger partial charge is 0.230 e. The fourth-order valence-electron chi connectivity index (χ4n) is 2.55. The largest absolute Gasteiger partial charge is 0.507 e. The Morgan fingerprint density at radius 1 is 1.24 bits per heavy atom. The summed E-state index contributed by atoms with van der Waals surface area (Å²) >= 11 is 0. The van der Waals surface area contributed by atoms with Crippen molar-refractivity contribution in [1.82, 2.24) is 5.16 Å². The molecule has 0 bridgehead atoms. The number of phenols is 1. The molecule has 1 aliphatic carbocycles. The Kier molecular flexibility index (Phi) is 2.28. The SMILES string of the molecule is Nc1oncc1-c1c(O)ccc2c1CCCC2. The number of nitrogens with two attached hydrogens (primary N) is 1. The van der Waals surface area contributed by atoms with Crippen molar-refractivity contribution >= 4 is 5.88 Å². The molecule has 17 heavy (non-hydrogen) atoms. The summed E-state index contributed by atoms with van der Waals surface area (Å²) in [4.78, 5) is 0. The topological polar surface area (TPSA) is 72.3 Å². The Morgan fingerprint density at radius 2 is 2.06 bits per heavy atom. The molecule has 1 heterocycles. The first kappa shape index (κ1) is 10.2. The molecule has 0 saturated heterocycles. The van der Waals surface area contributed by atoms with Gasteiger partial charge in [0.1, 0.15) is 5.75 Å². The van der Waals surface area contributed by atoms with Gasteiger partial charge in [-0.2, -0.15) is 0 Å². The Labute approximate surface area is 99.0 Å². The molecular weight excluding hydrogens is 216 g/mol. The van der Waals surface area contributed by atoms with Crippen LogP contribution in [-0.4, -0.2) is 10.3 Å². The third kappa shape index (κ3) is 1.56. The molecule has 3 rings (SSSR count). The van der Waals surface area contributed by atoms with E-state index in [-0.39, 0.29) is 11.6 Å². The highest BCUT2D eigenvalue weighted by atomic mass is 16.5. The van der Waals surface area contributed by atoms with Crippen LogP contribution >= 0.6 is 0 Å². The minimum atomic E-state index is 0.251. The minimum absolute atomic E-state index is 0.251. The molecule has 1 aliphatic rings. The van der Waals surface area contributed by atoms with E-state index >= 15 is 0 Å². The predicted octanol–water partition coefficient (Wildman–Crippen LogP) is 2.51. The molecule has 0 saturated carbocycles. The molecular formula is C13H14N2O2. The highest BCUT2D eigenvalue weighted by molar-refractivity contribution is 5.80. The van der Waals surface area contributed by atoms with E-state index in [9.17, 15) is 5.11 Å². The van der Waals surface area contributed by atoms with Crippen LogP contribution in [0.1, 0.15) is 24.0 Å². The summed E-state index contributed by atoms with van der Waals surface area (Å²) < 4.78 is 4.88. The van der Waals surface area contributed by atoms with Crippen LogP contribution < -0.4 is 5.73 Å². The van der Waals surface area contributed by atoms with Gasteiger partial charge in [-0.15, -0.1) is 0 Å². The number of aromatic hydroxyl groups is 1. The first-order valence-electron chi connectivity index (χ1n) is 5.81. The Balaban J connectivity index is 2.25. The Morgan fingerprint density at radius 3 is 2.82 bits per heavy atom. The fraction of sp³-hybridized carbons (Fsp3) is 0.308. The monoisotopic (exact) mass is 230 g/mol. The quantitative estimate of drug-likeness (QED) is 0.789. The van der Waals surface area contributed by atoms with Crippen LogP contribution in [-0.2, 0) is 12.8 Å². The van der Waals surface area contributed by atoms with Gasteiger partial charge in [0.2, 0.25) is 5.88 Å². The van der Waals surface area contributed by atoms with Crippen LogP contribution in [0, 0.1) is 0 Å². The molecule has 88 valence electrons. The van der Waals surface area contributed by atoms with Crippen molar-refractivity contribution < 1.29 is 9.63 Å². The zero-order valence-electron chi connectivity index (χ0n) is 9.44. The van der Waals surface area contributed by atoms with Gasteiger partial charge >= 0.3 is 0 Å². The normalized spacial score (nSPS) is 14.6. The number of aryl methyl sites for hydroxylation is 1. The third-order valence-electron chi connectivity index (χ3n) is 3.38. The van der Waals surface area contributed by atoms with Gasteiger partial charge < -0.3 is 15.4 Å². The van der Waals surface area contributed by atoms with Crippen molar-refractivity contribution in [1.29, 1.82) is 0 Å². The van der Waals surface area contributed by atoms with E-state index in [4.69, 9.17) is 10.3 Å². The number of benzene rings is 1. The fourth-order valence-corrected chi connectivity index (χ4v) is 2.55. The summed E-state index contributed by atoms with van der Waals surface area (Å²) in [6, 6.07) is 3.73. The van der Waals surface area contributed by atoms with Gasteiger partial charge in [0.25, 0.3) is 0 Å². The van der Waals surface area contributed by atoms with Gasteiger partial charge in [0.15, 0.2) is 0 Å². The molecule has 0 aliphatic heterocycles. The van der Waals surface area contributed by atoms with E-state index < -0.39 is 0 Å². The van der Waals surface area contributed by atoms with Crippen molar-refractivity contribution in [3.05, 3.63) is 29.5 Å². The molecule has 0 atom stereocenters. The number of hydrogen-bond donors (Lipinski definition) is 2. The number of rotatable bonds is 1. The molecule has 0 spiro atoms. The lowest BCUT2D eigenvalue weighted by Gasteiger charge is -2.19.